The summed E-state index contributed by atoms with van der Waals surface area (Å²) in [5.74, 6) is -0.0976. The molecule has 0 heterocycles. The number of aliphatic hydroxyl groups excluding tert-OH is 1. The molecule has 4 atom stereocenters. The summed E-state index contributed by atoms with van der Waals surface area (Å²) in [4.78, 5) is 10.5. The number of alkyl halides is 1. The van der Waals surface area contributed by atoms with Gasteiger partial charge in [-0.3, -0.25) is 4.79 Å². The van der Waals surface area contributed by atoms with E-state index in [1.54, 1.807) is 12.1 Å². The molecule has 1 aliphatic rings. The molecule has 4 nitrogen and oxygen atoms in total. The molecule has 0 bridgehead atoms. The van der Waals surface area contributed by atoms with Crippen LogP contribution in [0.15, 0.2) is 36.4 Å². The van der Waals surface area contributed by atoms with E-state index in [9.17, 15) is 9.90 Å². The minimum atomic E-state index is -0.773. The lowest BCUT2D eigenvalue weighted by molar-refractivity contribution is -0.137. The second-order valence-corrected chi connectivity index (χ2v) is 7.35. The zero-order valence-corrected chi connectivity index (χ0v) is 15.5. The van der Waals surface area contributed by atoms with Gasteiger partial charge < -0.3 is 14.9 Å². The van der Waals surface area contributed by atoms with Crippen LogP contribution in [0.1, 0.15) is 32.1 Å². The normalized spacial score (nSPS) is 26.2. The fourth-order valence-electron chi connectivity index (χ4n) is 3.18. The Labute approximate surface area is 158 Å². The molecule has 0 aromatic heterocycles. The van der Waals surface area contributed by atoms with Crippen molar-refractivity contribution in [1.29, 1.82) is 0 Å². The van der Waals surface area contributed by atoms with E-state index >= 15 is 0 Å². The van der Waals surface area contributed by atoms with E-state index in [-0.39, 0.29) is 23.6 Å². The Morgan fingerprint density at radius 1 is 1.28 bits per heavy atom. The summed E-state index contributed by atoms with van der Waals surface area (Å²) in [6, 6.07) is 7.27. The first-order valence-electron chi connectivity index (χ1n) is 8.55. The van der Waals surface area contributed by atoms with Gasteiger partial charge in [-0.25, -0.2) is 0 Å². The average Bonchev–Trinajstić information content (AvgIpc) is 2.83. The summed E-state index contributed by atoms with van der Waals surface area (Å²) in [5, 5.41) is 19.4. The molecule has 1 aliphatic carbocycles. The van der Waals surface area contributed by atoms with Crippen molar-refractivity contribution in [2.24, 2.45) is 11.8 Å². The molecule has 1 aromatic rings. The first-order valence-corrected chi connectivity index (χ1v) is 9.36. The second-order valence-electron chi connectivity index (χ2n) is 6.38. The first-order chi connectivity index (χ1) is 12.0. The number of rotatable bonds is 9. The lowest BCUT2D eigenvalue weighted by atomic mass is 9.92. The third-order valence-electron chi connectivity index (χ3n) is 4.58. The summed E-state index contributed by atoms with van der Waals surface area (Å²) in [6.07, 6.45) is 6.36. The first kappa shape index (κ1) is 20.1. The maximum atomic E-state index is 10.5. The van der Waals surface area contributed by atoms with Gasteiger partial charge in [-0.15, -0.1) is 11.6 Å². The van der Waals surface area contributed by atoms with Crippen molar-refractivity contribution in [1.82, 2.24) is 0 Å². The van der Waals surface area contributed by atoms with Gasteiger partial charge in [0.25, 0.3) is 0 Å². The number of aliphatic carboxylic acids is 1. The molecule has 0 radical (unpaired) electrons. The van der Waals surface area contributed by atoms with Crippen LogP contribution in [0.5, 0.6) is 5.75 Å². The SMILES string of the molecule is O=C(O)CCC/C=C\C[C@@H]1[C@@H](COc2ccccc2Cl)[C@H](O)C[C@@H]1Cl. The van der Waals surface area contributed by atoms with Crippen molar-refractivity contribution in [3.8, 4) is 5.75 Å². The molecule has 0 amide bonds. The van der Waals surface area contributed by atoms with Gasteiger partial charge in [0.2, 0.25) is 0 Å². The van der Waals surface area contributed by atoms with E-state index in [4.69, 9.17) is 33.0 Å². The number of carboxylic acid groups (broad SMARTS) is 1. The monoisotopic (exact) mass is 386 g/mol. The molecular formula is C19H24Cl2O4. The van der Waals surface area contributed by atoms with Gasteiger partial charge in [0.05, 0.1) is 17.7 Å². The van der Waals surface area contributed by atoms with Crippen LogP contribution in [0, 0.1) is 11.8 Å². The highest BCUT2D eigenvalue weighted by molar-refractivity contribution is 6.32. The van der Waals surface area contributed by atoms with E-state index in [0.29, 0.717) is 30.2 Å². The van der Waals surface area contributed by atoms with Crippen molar-refractivity contribution in [3.05, 3.63) is 41.4 Å². The smallest absolute Gasteiger partial charge is 0.303 e. The Kier molecular flexibility index (Phi) is 8.07. The number of hydrogen-bond acceptors (Lipinski definition) is 3. The molecule has 1 fully saturated rings. The fourth-order valence-corrected chi connectivity index (χ4v) is 3.84. The van der Waals surface area contributed by atoms with Crippen molar-refractivity contribution in [2.75, 3.05) is 6.61 Å². The minimum Gasteiger partial charge on any atom is -0.492 e. The van der Waals surface area contributed by atoms with Crippen LogP contribution < -0.4 is 4.74 Å². The molecule has 2 N–H and O–H groups in total. The Bertz CT molecular complexity index is 591. The number of para-hydroxylation sites is 1. The summed E-state index contributed by atoms with van der Waals surface area (Å²) >= 11 is 12.5. The number of unbranched alkanes of at least 4 members (excludes halogenated alkanes) is 1. The zero-order valence-electron chi connectivity index (χ0n) is 14.0. The number of benzene rings is 1. The predicted octanol–water partition coefficient (Wildman–Crippen LogP) is 4.52. The van der Waals surface area contributed by atoms with E-state index in [2.05, 4.69) is 0 Å². The quantitative estimate of drug-likeness (QED) is 0.371. The zero-order chi connectivity index (χ0) is 18.2. The molecule has 138 valence electrons. The van der Waals surface area contributed by atoms with Gasteiger partial charge in [0, 0.05) is 17.7 Å². The number of carboxylic acids is 1. The van der Waals surface area contributed by atoms with Gasteiger partial charge in [0.15, 0.2) is 0 Å². The Hall–Kier alpha value is -1.23. The van der Waals surface area contributed by atoms with Crippen LogP contribution in [0.3, 0.4) is 0 Å². The summed E-state index contributed by atoms with van der Waals surface area (Å²) in [6.45, 7) is 0.367. The highest BCUT2D eigenvalue weighted by Crippen LogP contribution is 2.39. The minimum absolute atomic E-state index is 0.0533. The molecule has 0 saturated heterocycles. The van der Waals surface area contributed by atoms with Crippen LogP contribution in [-0.2, 0) is 4.79 Å². The highest BCUT2D eigenvalue weighted by Gasteiger charge is 2.41. The van der Waals surface area contributed by atoms with Crippen molar-refractivity contribution in [3.63, 3.8) is 0 Å². The van der Waals surface area contributed by atoms with Crippen LogP contribution in [0.25, 0.3) is 0 Å². The van der Waals surface area contributed by atoms with Crippen LogP contribution in [0.2, 0.25) is 5.02 Å². The molecule has 0 spiro atoms. The van der Waals surface area contributed by atoms with Gasteiger partial charge >= 0.3 is 5.97 Å². The topological polar surface area (TPSA) is 66.8 Å². The number of allylic oxidation sites excluding steroid dienone is 2. The Morgan fingerprint density at radius 3 is 2.76 bits per heavy atom. The largest absolute Gasteiger partial charge is 0.492 e. The molecular weight excluding hydrogens is 363 g/mol. The maximum absolute atomic E-state index is 10.5. The predicted molar refractivity (Wildman–Crippen MR) is 99.4 cm³/mol. The van der Waals surface area contributed by atoms with Gasteiger partial charge in [-0.05, 0) is 43.7 Å². The number of hydrogen-bond donors (Lipinski definition) is 2. The number of ether oxygens (including phenoxy) is 1. The maximum Gasteiger partial charge on any atom is 0.303 e. The highest BCUT2D eigenvalue weighted by atomic mass is 35.5. The van der Waals surface area contributed by atoms with E-state index < -0.39 is 12.1 Å². The van der Waals surface area contributed by atoms with E-state index in [0.717, 1.165) is 12.8 Å². The molecule has 1 saturated carbocycles. The standard InChI is InChI=1S/C19H24Cl2O4/c20-15-8-5-6-9-18(15)25-12-14-13(16(21)11-17(14)22)7-3-1-2-4-10-19(23)24/h1,3,5-6,8-9,13-14,16-17,22H,2,4,7,10-12H2,(H,23,24)/b3-1-/t13-,14-,16+,17-/m1/s1. The van der Waals surface area contributed by atoms with Crippen molar-refractivity contribution >= 4 is 29.2 Å². The fraction of sp³-hybridized carbons (Fsp3) is 0.526. The average molecular weight is 387 g/mol. The number of carbonyl (C=O) groups is 1. The van der Waals surface area contributed by atoms with Crippen molar-refractivity contribution < 1.29 is 19.7 Å². The third kappa shape index (κ3) is 6.21. The second kappa shape index (κ2) is 10.0. The van der Waals surface area contributed by atoms with E-state index in [1.807, 2.05) is 24.3 Å². The van der Waals surface area contributed by atoms with Crippen LogP contribution >= 0.6 is 23.2 Å². The summed E-state index contributed by atoms with van der Waals surface area (Å²) in [5.41, 5.74) is 0. The lowest BCUT2D eigenvalue weighted by Gasteiger charge is -2.23. The van der Waals surface area contributed by atoms with Gasteiger partial charge in [-0.1, -0.05) is 35.9 Å². The van der Waals surface area contributed by atoms with Gasteiger partial charge in [-0.2, -0.15) is 0 Å². The Morgan fingerprint density at radius 2 is 2.04 bits per heavy atom. The summed E-state index contributed by atoms with van der Waals surface area (Å²) in [7, 11) is 0. The molecule has 0 unspecified atom stereocenters. The van der Waals surface area contributed by atoms with Crippen LogP contribution in [-0.4, -0.2) is 34.3 Å². The molecule has 0 aliphatic heterocycles. The van der Waals surface area contributed by atoms with Crippen molar-refractivity contribution in [2.45, 2.75) is 43.6 Å². The van der Waals surface area contributed by atoms with Crippen LogP contribution in [0.4, 0.5) is 0 Å². The molecule has 6 heteroatoms. The Balaban J connectivity index is 1.86. The molecule has 2 rings (SSSR count). The summed E-state index contributed by atoms with van der Waals surface area (Å²) < 4.78 is 5.80. The number of aliphatic hydroxyl groups is 1. The number of halogens is 2. The van der Waals surface area contributed by atoms with Gasteiger partial charge in [0.1, 0.15) is 5.75 Å². The van der Waals surface area contributed by atoms with E-state index in [1.165, 1.54) is 0 Å². The molecule has 25 heavy (non-hydrogen) atoms. The third-order valence-corrected chi connectivity index (χ3v) is 5.39. The molecule has 1 aromatic carbocycles. The lowest BCUT2D eigenvalue weighted by Crippen LogP contribution is -2.27.